The van der Waals surface area contributed by atoms with Crippen molar-refractivity contribution in [2.24, 2.45) is 0 Å². The van der Waals surface area contributed by atoms with Crippen LogP contribution in [-0.4, -0.2) is 30.5 Å². The monoisotopic (exact) mass is 392 g/mol. The Balaban J connectivity index is 1.58. The van der Waals surface area contributed by atoms with Crippen molar-refractivity contribution in [3.63, 3.8) is 0 Å². The Hall–Kier alpha value is -3.00. The highest BCUT2D eigenvalue weighted by molar-refractivity contribution is 7.20. The lowest BCUT2D eigenvalue weighted by Gasteiger charge is -2.09. The molecule has 1 aliphatic rings. The molecule has 1 amide bonds. The van der Waals surface area contributed by atoms with Crippen molar-refractivity contribution in [3.8, 4) is 5.13 Å². The Morgan fingerprint density at radius 1 is 1.25 bits per heavy atom. The number of aryl methyl sites for hydroxylation is 3. The van der Waals surface area contributed by atoms with Gasteiger partial charge in [0.15, 0.2) is 0 Å². The predicted molar refractivity (Wildman–Crippen MR) is 109 cm³/mol. The van der Waals surface area contributed by atoms with Crippen LogP contribution >= 0.6 is 11.3 Å². The molecule has 8 heteroatoms. The summed E-state index contributed by atoms with van der Waals surface area (Å²) >= 11 is 1.58. The van der Waals surface area contributed by atoms with E-state index in [1.165, 1.54) is 0 Å². The van der Waals surface area contributed by atoms with E-state index in [9.17, 15) is 4.79 Å². The fraction of sp³-hybridized carbons (Fsp3) is 0.300. The van der Waals surface area contributed by atoms with Crippen LogP contribution in [-0.2, 0) is 19.4 Å². The van der Waals surface area contributed by atoms with Crippen LogP contribution in [0.4, 0.5) is 5.82 Å². The third-order valence-corrected chi connectivity index (χ3v) is 6.05. The number of hydrogen-bond donors (Lipinski definition) is 1. The third kappa shape index (κ3) is 2.72. The van der Waals surface area contributed by atoms with Crippen molar-refractivity contribution in [1.82, 2.24) is 24.5 Å². The van der Waals surface area contributed by atoms with Gasteiger partial charge in [-0.1, -0.05) is 23.5 Å². The number of para-hydroxylation sites is 1. The molecule has 1 N–H and O–H groups in total. The summed E-state index contributed by atoms with van der Waals surface area (Å²) in [5, 5.41) is 13.0. The van der Waals surface area contributed by atoms with Crippen molar-refractivity contribution >= 4 is 33.3 Å². The van der Waals surface area contributed by atoms with Crippen LogP contribution in [0.2, 0.25) is 0 Å². The van der Waals surface area contributed by atoms with Gasteiger partial charge in [-0.05, 0) is 51.3 Å². The molecule has 142 valence electrons. The molecular formula is C20H20N6OS. The number of hydrogen-bond acceptors (Lipinski definition) is 5. The zero-order chi connectivity index (χ0) is 19.3. The number of rotatable bonds is 4. The van der Waals surface area contributed by atoms with Gasteiger partial charge in [0.2, 0.25) is 5.13 Å². The highest BCUT2D eigenvalue weighted by atomic mass is 32.1. The normalized spacial score (nSPS) is 13.2. The molecule has 0 radical (unpaired) electrons. The molecular weight excluding hydrogens is 372 g/mol. The van der Waals surface area contributed by atoms with Gasteiger partial charge in [0, 0.05) is 12.1 Å². The third-order valence-electron chi connectivity index (χ3n) is 5.04. The summed E-state index contributed by atoms with van der Waals surface area (Å²) in [5.74, 6) is 0.567. The standard InChI is InChI=1S/C20H20N6OS/c1-3-25-16(11-12(2)23-25)19(27)22-18-13-7-6-9-14(13)24-26(18)20-21-15-8-4-5-10-17(15)28-20/h4-5,8,10-11H,3,6-7,9H2,1-2H3,(H,22,27). The predicted octanol–water partition coefficient (Wildman–Crippen LogP) is 3.75. The molecule has 0 spiro atoms. The molecule has 1 aliphatic carbocycles. The fourth-order valence-electron chi connectivity index (χ4n) is 3.75. The second kappa shape index (κ2) is 6.56. The maximum atomic E-state index is 13.0. The van der Waals surface area contributed by atoms with Crippen molar-refractivity contribution in [1.29, 1.82) is 0 Å². The van der Waals surface area contributed by atoms with E-state index >= 15 is 0 Å². The highest BCUT2D eigenvalue weighted by Gasteiger charge is 2.26. The molecule has 0 saturated carbocycles. The molecule has 0 saturated heterocycles. The first kappa shape index (κ1) is 17.1. The van der Waals surface area contributed by atoms with E-state index in [0.717, 1.165) is 57.4 Å². The van der Waals surface area contributed by atoms with Crippen molar-refractivity contribution in [3.05, 3.63) is 53.0 Å². The van der Waals surface area contributed by atoms with Crippen LogP contribution in [0.3, 0.4) is 0 Å². The Bertz CT molecular complexity index is 1170. The molecule has 0 unspecified atom stereocenters. The number of aromatic nitrogens is 5. The number of carbonyl (C=O) groups is 1. The molecule has 5 rings (SSSR count). The van der Waals surface area contributed by atoms with E-state index in [4.69, 9.17) is 10.1 Å². The summed E-state index contributed by atoms with van der Waals surface area (Å²) < 4.78 is 4.62. The lowest BCUT2D eigenvalue weighted by molar-refractivity contribution is 0.101. The molecule has 4 aromatic rings. The minimum Gasteiger partial charge on any atom is -0.305 e. The maximum Gasteiger partial charge on any atom is 0.275 e. The molecule has 0 fully saturated rings. The van der Waals surface area contributed by atoms with Gasteiger partial charge in [-0.2, -0.15) is 14.9 Å². The number of anilines is 1. The molecule has 0 bridgehead atoms. The van der Waals surface area contributed by atoms with E-state index < -0.39 is 0 Å². The highest BCUT2D eigenvalue weighted by Crippen LogP contribution is 2.33. The first-order valence-electron chi connectivity index (χ1n) is 9.46. The minimum absolute atomic E-state index is 0.167. The van der Waals surface area contributed by atoms with E-state index in [1.807, 2.05) is 38.1 Å². The zero-order valence-electron chi connectivity index (χ0n) is 15.8. The zero-order valence-corrected chi connectivity index (χ0v) is 16.6. The summed E-state index contributed by atoms with van der Waals surface area (Å²) in [6, 6.07) is 9.84. The second-order valence-electron chi connectivity index (χ2n) is 6.94. The van der Waals surface area contributed by atoms with Gasteiger partial charge in [-0.15, -0.1) is 0 Å². The van der Waals surface area contributed by atoms with Crippen LogP contribution in [0.5, 0.6) is 0 Å². The number of nitrogens with zero attached hydrogens (tertiary/aromatic N) is 5. The minimum atomic E-state index is -0.167. The second-order valence-corrected chi connectivity index (χ2v) is 7.95. The van der Waals surface area contributed by atoms with E-state index in [1.54, 1.807) is 20.7 Å². The summed E-state index contributed by atoms with van der Waals surface area (Å²) in [6.07, 6.45) is 2.91. The number of benzene rings is 1. The van der Waals surface area contributed by atoms with E-state index in [0.29, 0.717) is 12.2 Å². The van der Waals surface area contributed by atoms with Crippen molar-refractivity contribution < 1.29 is 4.79 Å². The summed E-state index contributed by atoms with van der Waals surface area (Å²) in [6.45, 7) is 4.52. The summed E-state index contributed by atoms with van der Waals surface area (Å²) in [4.78, 5) is 17.8. The Morgan fingerprint density at radius 2 is 2.11 bits per heavy atom. The Kier molecular flexibility index (Phi) is 4.01. The largest absolute Gasteiger partial charge is 0.305 e. The van der Waals surface area contributed by atoms with Gasteiger partial charge < -0.3 is 5.32 Å². The van der Waals surface area contributed by atoms with Crippen LogP contribution in [0.25, 0.3) is 15.3 Å². The fourth-order valence-corrected chi connectivity index (χ4v) is 4.67. The summed E-state index contributed by atoms with van der Waals surface area (Å²) in [7, 11) is 0. The van der Waals surface area contributed by atoms with Crippen molar-refractivity contribution in [2.45, 2.75) is 39.7 Å². The van der Waals surface area contributed by atoms with Crippen LogP contribution in [0, 0.1) is 6.92 Å². The molecule has 3 heterocycles. The average molecular weight is 392 g/mol. The lowest BCUT2D eigenvalue weighted by Crippen LogP contribution is -2.20. The number of amides is 1. The van der Waals surface area contributed by atoms with Crippen LogP contribution in [0.1, 0.15) is 40.8 Å². The van der Waals surface area contributed by atoms with Crippen LogP contribution < -0.4 is 5.32 Å². The van der Waals surface area contributed by atoms with Gasteiger partial charge in [0.05, 0.1) is 21.6 Å². The SMILES string of the molecule is CCn1nc(C)cc1C(=O)Nc1c2c(nn1-c1nc3ccccc3s1)CCC2. The Morgan fingerprint density at radius 3 is 2.93 bits per heavy atom. The first-order chi connectivity index (χ1) is 13.6. The molecule has 7 nitrogen and oxygen atoms in total. The molecule has 28 heavy (non-hydrogen) atoms. The topological polar surface area (TPSA) is 77.6 Å². The smallest absolute Gasteiger partial charge is 0.275 e. The molecule has 0 atom stereocenters. The molecule has 3 aromatic heterocycles. The molecule has 0 aliphatic heterocycles. The van der Waals surface area contributed by atoms with Crippen molar-refractivity contribution in [2.75, 3.05) is 5.32 Å². The summed E-state index contributed by atoms with van der Waals surface area (Å²) in [5.41, 5.74) is 4.50. The quantitative estimate of drug-likeness (QED) is 0.574. The number of nitrogens with one attached hydrogen (secondary N) is 1. The van der Waals surface area contributed by atoms with Gasteiger partial charge in [-0.3, -0.25) is 9.48 Å². The number of carbonyl (C=O) groups excluding carboxylic acids is 1. The van der Waals surface area contributed by atoms with E-state index in [-0.39, 0.29) is 5.91 Å². The van der Waals surface area contributed by atoms with E-state index in [2.05, 4.69) is 16.5 Å². The van der Waals surface area contributed by atoms with Gasteiger partial charge >= 0.3 is 0 Å². The van der Waals surface area contributed by atoms with Gasteiger partial charge in [-0.25, -0.2) is 4.98 Å². The lowest BCUT2D eigenvalue weighted by atomic mass is 10.2. The van der Waals surface area contributed by atoms with Gasteiger partial charge in [0.25, 0.3) is 5.91 Å². The Labute approximate surface area is 166 Å². The first-order valence-corrected chi connectivity index (χ1v) is 10.3. The average Bonchev–Trinajstić information content (AvgIpc) is 3.44. The molecule has 1 aromatic carbocycles. The maximum absolute atomic E-state index is 13.0. The number of fused-ring (bicyclic) bond motifs is 2. The van der Waals surface area contributed by atoms with Crippen LogP contribution in [0.15, 0.2) is 30.3 Å². The number of thiazole rings is 1. The van der Waals surface area contributed by atoms with Gasteiger partial charge in [0.1, 0.15) is 11.5 Å².